The smallest absolute Gasteiger partial charge is 0.123 e. The molecule has 1 N–H and O–H groups in total. The molecule has 0 aromatic heterocycles. The Hall–Kier alpha value is -0.930. The van der Waals surface area contributed by atoms with Gasteiger partial charge in [-0.1, -0.05) is 19.1 Å². The Morgan fingerprint density at radius 1 is 1.29 bits per heavy atom. The standard InChI is InChI=1S/C14H20FNO/c1-2-16-14(12-7-9-17-10-8-12)11-3-5-13(15)6-4-11/h3-6,12,14,16H,2,7-10H2,1H3. The normalized spacial score (nSPS) is 19.2. The number of hydrogen-bond acceptors (Lipinski definition) is 2. The highest BCUT2D eigenvalue weighted by Crippen LogP contribution is 2.30. The lowest BCUT2D eigenvalue weighted by Crippen LogP contribution is -2.32. The molecule has 3 heteroatoms. The van der Waals surface area contributed by atoms with Crippen molar-refractivity contribution >= 4 is 0 Å². The molecule has 0 spiro atoms. The lowest BCUT2D eigenvalue weighted by molar-refractivity contribution is 0.0538. The van der Waals surface area contributed by atoms with Crippen LogP contribution in [-0.4, -0.2) is 19.8 Å². The lowest BCUT2D eigenvalue weighted by Gasteiger charge is -2.31. The van der Waals surface area contributed by atoms with Crippen molar-refractivity contribution in [3.8, 4) is 0 Å². The van der Waals surface area contributed by atoms with Gasteiger partial charge in [0.1, 0.15) is 5.82 Å². The number of hydrogen-bond donors (Lipinski definition) is 1. The molecule has 1 atom stereocenters. The van der Waals surface area contributed by atoms with Gasteiger partial charge in [0.15, 0.2) is 0 Å². The summed E-state index contributed by atoms with van der Waals surface area (Å²) < 4.78 is 18.3. The maximum Gasteiger partial charge on any atom is 0.123 e. The minimum Gasteiger partial charge on any atom is -0.381 e. The second-order valence-corrected chi connectivity index (χ2v) is 4.54. The van der Waals surface area contributed by atoms with E-state index in [0.717, 1.165) is 32.6 Å². The first-order valence-corrected chi connectivity index (χ1v) is 6.38. The highest BCUT2D eigenvalue weighted by Gasteiger charge is 2.24. The zero-order valence-corrected chi connectivity index (χ0v) is 10.3. The van der Waals surface area contributed by atoms with Gasteiger partial charge in [0.05, 0.1) is 0 Å². The zero-order valence-electron chi connectivity index (χ0n) is 10.3. The summed E-state index contributed by atoms with van der Waals surface area (Å²) >= 11 is 0. The van der Waals surface area contributed by atoms with E-state index in [0.29, 0.717) is 12.0 Å². The van der Waals surface area contributed by atoms with Crippen LogP contribution in [0.1, 0.15) is 31.4 Å². The maximum atomic E-state index is 12.9. The van der Waals surface area contributed by atoms with Gasteiger partial charge in [0.25, 0.3) is 0 Å². The van der Waals surface area contributed by atoms with E-state index in [4.69, 9.17) is 4.74 Å². The van der Waals surface area contributed by atoms with Crippen LogP contribution in [0.4, 0.5) is 4.39 Å². The van der Waals surface area contributed by atoms with Crippen LogP contribution in [0.15, 0.2) is 24.3 Å². The molecule has 0 amide bonds. The average Bonchev–Trinajstić information content (AvgIpc) is 2.38. The van der Waals surface area contributed by atoms with Crippen LogP contribution in [0.3, 0.4) is 0 Å². The third kappa shape index (κ3) is 3.27. The Balaban J connectivity index is 2.12. The molecule has 1 fully saturated rings. The first-order chi connectivity index (χ1) is 8.31. The second-order valence-electron chi connectivity index (χ2n) is 4.54. The Morgan fingerprint density at radius 3 is 2.53 bits per heavy atom. The van der Waals surface area contributed by atoms with Gasteiger partial charge in [-0.25, -0.2) is 4.39 Å². The van der Waals surface area contributed by atoms with E-state index < -0.39 is 0 Å². The van der Waals surface area contributed by atoms with Gasteiger partial charge >= 0.3 is 0 Å². The Kier molecular flexibility index (Phi) is 4.51. The molecular formula is C14H20FNO. The van der Waals surface area contributed by atoms with Crippen molar-refractivity contribution in [1.29, 1.82) is 0 Å². The first kappa shape index (κ1) is 12.5. The first-order valence-electron chi connectivity index (χ1n) is 6.38. The third-order valence-electron chi connectivity index (χ3n) is 3.39. The monoisotopic (exact) mass is 237 g/mol. The zero-order chi connectivity index (χ0) is 12.1. The van der Waals surface area contributed by atoms with Gasteiger partial charge in [-0.3, -0.25) is 0 Å². The summed E-state index contributed by atoms with van der Waals surface area (Å²) in [6.45, 7) is 4.72. The number of halogens is 1. The van der Waals surface area contributed by atoms with Crippen LogP contribution in [0.5, 0.6) is 0 Å². The van der Waals surface area contributed by atoms with Crippen molar-refractivity contribution in [2.45, 2.75) is 25.8 Å². The molecule has 0 radical (unpaired) electrons. The molecule has 2 nitrogen and oxygen atoms in total. The summed E-state index contributed by atoms with van der Waals surface area (Å²) in [5.41, 5.74) is 1.18. The van der Waals surface area contributed by atoms with E-state index in [1.54, 1.807) is 12.1 Å². The molecule has 1 aromatic carbocycles. The molecule has 1 heterocycles. The molecule has 1 aliphatic heterocycles. The second kappa shape index (κ2) is 6.12. The third-order valence-corrected chi connectivity index (χ3v) is 3.39. The summed E-state index contributed by atoms with van der Waals surface area (Å²) in [4.78, 5) is 0. The maximum absolute atomic E-state index is 12.9. The molecule has 1 saturated heterocycles. The van der Waals surface area contributed by atoms with Crippen LogP contribution in [0.2, 0.25) is 0 Å². The van der Waals surface area contributed by atoms with E-state index in [9.17, 15) is 4.39 Å². The summed E-state index contributed by atoms with van der Waals surface area (Å²) in [5, 5.41) is 3.51. The minimum atomic E-state index is -0.170. The van der Waals surface area contributed by atoms with E-state index in [2.05, 4.69) is 12.2 Å². The molecule has 2 rings (SSSR count). The number of ether oxygens (including phenoxy) is 1. The predicted octanol–water partition coefficient (Wildman–Crippen LogP) is 2.90. The van der Waals surface area contributed by atoms with Crippen molar-refractivity contribution < 1.29 is 9.13 Å². The highest BCUT2D eigenvalue weighted by atomic mass is 19.1. The van der Waals surface area contributed by atoms with Crippen molar-refractivity contribution in [2.75, 3.05) is 19.8 Å². The number of rotatable bonds is 4. The van der Waals surface area contributed by atoms with Gasteiger partial charge in [-0.15, -0.1) is 0 Å². The van der Waals surface area contributed by atoms with Gasteiger partial charge in [0, 0.05) is 19.3 Å². The van der Waals surface area contributed by atoms with Crippen LogP contribution in [0.25, 0.3) is 0 Å². The number of benzene rings is 1. The fourth-order valence-corrected chi connectivity index (χ4v) is 2.50. The summed E-state index contributed by atoms with van der Waals surface area (Å²) in [6.07, 6.45) is 2.16. The Labute approximate surface area is 102 Å². The minimum absolute atomic E-state index is 0.170. The SMILES string of the molecule is CCNC(c1ccc(F)cc1)C1CCOCC1. The van der Waals surface area contributed by atoms with Gasteiger partial charge in [-0.05, 0) is 43.0 Å². The summed E-state index contributed by atoms with van der Waals surface area (Å²) in [7, 11) is 0. The summed E-state index contributed by atoms with van der Waals surface area (Å²) in [6, 6.07) is 7.18. The Bertz CT molecular complexity index is 333. The molecule has 1 unspecified atom stereocenters. The van der Waals surface area contributed by atoms with E-state index in [1.165, 1.54) is 5.56 Å². The largest absolute Gasteiger partial charge is 0.381 e. The fourth-order valence-electron chi connectivity index (χ4n) is 2.50. The molecule has 1 aliphatic rings. The fraction of sp³-hybridized carbons (Fsp3) is 0.571. The van der Waals surface area contributed by atoms with Crippen molar-refractivity contribution in [2.24, 2.45) is 5.92 Å². The quantitative estimate of drug-likeness (QED) is 0.869. The number of nitrogens with one attached hydrogen (secondary N) is 1. The topological polar surface area (TPSA) is 21.3 Å². The van der Waals surface area contributed by atoms with Crippen LogP contribution in [-0.2, 0) is 4.74 Å². The van der Waals surface area contributed by atoms with Crippen LogP contribution in [0, 0.1) is 11.7 Å². The molecule has 0 bridgehead atoms. The molecule has 1 aromatic rings. The van der Waals surface area contributed by atoms with Crippen LogP contribution < -0.4 is 5.32 Å². The van der Waals surface area contributed by atoms with E-state index in [1.807, 2.05) is 12.1 Å². The molecule has 94 valence electrons. The molecule has 17 heavy (non-hydrogen) atoms. The van der Waals surface area contributed by atoms with Crippen molar-refractivity contribution in [3.63, 3.8) is 0 Å². The lowest BCUT2D eigenvalue weighted by atomic mass is 9.87. The molecular weight excluding hydrogens is 217 g/mol. The van der Waals surface area contributed by atoms with Gasteiger partial charge < -0.3 is 10.1 Å². The van der Waals surface area contributed by atoms with Crippen molar-refractivity contribution in [3.05, 3.63) is 35.6 Å². The van der Waals surface area contributed by atoms with E-state index >= 15 is 0 Å². The molecule has 0 aliphatic carbocycles. The average molecular weight is 237 g/mol. The Morgan fingerprint density at radius 2 is 1.94 bits per heavy atom. The van der Waals surface area contributed by atoms with Gasteiger partial charge in [-0.2, -0.15) is 0 Å². The van der Waals surface area contributed by atoms with Crippen molar-refractivity contribution in [1.82, 2.24) is 5.32 Å². The van der Waals surface area contributed by atoms with E-state index in [-0.39, 0.29) is 5.82 Å². The molecule has 0 saturated carbocycles. The van der Waals surface area contributed by atoms with Crippen LogP contribution >= 0.6 is 0 Å². The van der Waals surface area contributed by atoms with Gasteiger partial charge in [0.2, 0.25) is 0 Å². The predicted molar refractivity (Wildman–Crippen MR) is 66.4 cm³/mol. The highest BCUT2D eigenvalue weighted by molar-refractivity contribution is 5.20. The summed E-state index contributed by atoms with van der Waals surface area (Å²) in [5.74, 6) is 0.421.